The van der Waals surface area contributed by atoms with E-state index in [0.29, 0.717) is 4.83 Å². The summed E-state index contributed by atoms with van der Waals surface area (Å²) in [4.78, 5) is 2.11. The molecule has 98 valence electrons. The first-order valence-electron chi connectivity index (χ1n) is 7.09. The SMILES string of the molecule is Brc1ccsc1C(Br)C1C2CC3CC(C2)CC1C3. The van der Waals surface area contributed by atoms with Gasteiger partial charge in [0.1, 0.15) is 0 Å². The maximum Gasteiger partial charge on any atom is 0.0533 e. The molecule has 1 aromatic heterocycles. The third kappa shape index (κ3) is 1.88. The molecular formula is C15H18Br2S. The van der Waals surface area contributed by atoms with Crippen LogP contribution < -0.4 is 0 Å². The van der Waals surface area contributed by atoms with Gasteiger partial charge in [-0.05, 0) is 89.1 Å². The van der Waals surface area contributed by atoms with Crippen molar-refractivity contribution in [3.63, 3.8) is 0 Å². The summed E-state index contributed by atoms with van der Waals surface area (Å²) in [7, 11) is 0. The normalized spacial score (nSPS) is 43.3. The van der Waals surface area contributed by atoms with Crippen LogP contribution in [0.2, 0.25) is 0 Å². The van der Waals surface area contributed by atoms with E-state index in [2.05, 4.69) is 43.3 Å². The van der Waals surface area contributed by atoms with Crippen LogP contribution in [0.15, 0.2) is 15.9 Å². The van der Waals surface area contributed by atoms with Gasteiger partial charge in [0.2, 0.25) is 0 Å². The molecule has 3 heteroatoms. The minimum Gasteiger partial charge on any atom is -0.147 e. The largest absolute Gasteiger partial charge is 0.147 e. The Bertz CT molecular complexity index is 425. The monoisotopic (exact) mass is 388 g/mol. The fourth-order valence-electron chi connectivity index (χ4n) is 5.12. The van der Waals surface area contributed by atoms with E-state index in [1.54, 1.807) is 6.42 Å². The van der Waals surface area contributed by atoms with Crippen LogP contribution in [0.1, 0.15) is 41.8 Å². The summed E-state index contributed by atoms with van der Waals surface area (Å²) < 4.78 is 1.31. The molecule has 0 spiro atoms. The molecule has 0 amide bonds. The van der Waals surface area contributed by atoms with Gasteiger partial charge in [-0.2, -0.15) is 0 Å². The number of rotatable bonds is 2. The van der Waals surface area contributed by atoms with E-state index in [0.717, 1.165) is 29.6 Å². The lowest BCUT2D eigenvalue weighted by atomic mass is 9.51. The molecule has 0 saturated heterocycles. The number of thiophene rings is 1. The highest BCUT2D eigenvalue weighted by Crippen LogP contribution is 2.61. The Morgan fingerprint density at radius 2 is 1.67 bits per heavy atom. The molecule has 0 aromatic carbocycles. The highest BCUT2D eigenvalue weighted by atomic mass is 79.9. The maximum atomic E-state index is 4.05. The third-order valence-electron chi connectivity index (χ3n) is 5.53. The summed E-state index contributed by atoms with van der Waals surface area (Å²) in [6.07, 6.45) is 7.62. The Labute approximate surface area is 130 Å². The fraction of sp³-hybridized carbons (Fsp3) is 0.733. The van der Waals surface area contributed by atoms with E-state index in [-0.39, 0.29) is 0 Å². The zero-order valence-corrected chi connectivity index (χ0v) is 14.3. The van der Waals surface area contributed by atoms with Gasteiger partial charge in [-0.15, -0.1) is 11.3 Å². The molecule has 1 heterocycles. The van der Waals surface area contributed by atoms with Gasteiger partial charge in [-0.3, -0.25) is 0 Å². The van der Waals surface area contributed by atoms with Gasteiger partial charge < -0.3 is 0 Å². The van der Waals surface area contributed by atoms with Gasteiger partial charge in [-0.25, -0.2) is 0 Å². The summed E-state index contributed by atoms with van der Waals surface area (Å²) in [6, 6.07) is 2.20. The summed E-state index contributed by atoms with van der Waals surface area (Å²) in [6.45, 7) is 0. The maximum absolute atomic E-state index is 4.05. The van der Waals surface area contributed by atoms with Crippen molar-refractivity contribution in [3.05, 3.63) is 20.8 Å². The molecule has 0 aliphatic heterocycles. The molecule has 4 aliphatic carbocycles. The molecule has 1 aromatic rings. The van der Waals surface area contributed by atoms with Crippen LogP contribution in [-0.4, -0.2) is 0 Å². The molecule has 18 heavy (non-hydrogen) atoms. The summed E-state index contributed by atoms with van der Waals surface area (Å²) >= 11 is 9.67. The van der Waals surface area contributed by atoms with E-state index in [9.17, 15) is 0 Å². The van der Waals surface area contributed by atoms with Gasteiger partial charge in [-0.1, -0.05) is 15.9 Å². The van der Waals surface area contributed by atoms with E-state index in [4.69, 9.17) is 0 Å². The zero-order valence-electron chi connectivity index (χ0n) is 10.3. The van der Waals surface area contributed by atoms with Crippen LogP contribution in [0.5, 0.6) is 0 Å². The topological polar surface area (TPSA) is 0 Å². The second-order valence-corrected chi connectivity index (χ2v) is 9.33. The standard InChI is InChI=1S/C15H18Br2S/c16-12-1-2-18-15(12)14(17)13-10-4-8-3-9(6-10)7-11(13)5-8/h1-2,8-11,13-14H,3-7H2. The Morgan fingerprint density at radius 3 is 2.17 bits per heavy atom. The van der Waals surface area contributed by atoms with Crippen LogP contribution in [0.4, 0.5) is 0 Å². The molecule has 4 bridgehead atoms. The minimum absolute atomic E-state index is 0.585. The first-order valence-corrected chi connectivity index (χ1v) is 9.68. The molecule has 4 fully saturated rings. The lowest BCUT2D eigenvalue weighted by molar-refractivity contribution is -0.0362. The first kappa shape index (κ1) is 12.4. The Kier molecular flexibility index (Phi) is 3.17. The lowest BCUT2D eigenvalue weighted by Crippen LogP contribution is -2.46. The highest BCUT2D eigenvalue weighted by Gasteiger charge is 2.50. The average molecular weight is 390 g/mol. The summed E-state index contributed by atoms with van der Waals surface area (Å²) in [5.41, 5.74) is 0. The van der Waals surface area contributed by atoms with Crippen molar-refractivity contribution >= 4 is 43.2 Å². The molecule has 0 N–H and O–H groups in total. The molecule has 1 atom stereocenters. The van der Waals surface area contributed by atoms with Crippen LogP contribution in [0, 0.1) is 29.6 Å². The predicted molar refractivity (Wildman–Crippen MR) is 84.2 cm³/mol. The van der Waals surface area contributed by atoms with Crippen molar-refractivity contribution in [2.24, 2.45) is 29.6 Å². The number of hydrogen-bond acceptors (Lipinski definition) is 1. The van der Waals surface area contributed by atoms with Crippen molar-refractivity contribution in [3.8, 4) is 0 Å². The Balaban J connectivity index is 1.63. The van der Waals surface area contributed by atoms with E-state index >= 15 is 0 Å². The number of halogens is 2. The van der Waals surface area contributed by atoms with Crippen molar-refractivity contribution in [1.29, 1.82) is 0 Å². The van der Waals surface area contributed by atoms with Gasteiger partial charge in [0.15, 0.2) is 0 Å². The summed E-state index contributed by atoms with van der Waals surface area (Å²) in [5, 5.41) is 2.21. The van der Waals surface area contributed by atoms with Crippen molar-refractivity contribution in [2.45, 2.75) is 36.9 Å². The second kappa shape index (κ2) is 4.60. The van der Waals surface area contributed by atoms with Crippen LogP contribution in [0.3, 0.4) is 0 Å². The van der Waals surface area contributed by atoms with Crippen LogP contribution >= 0.6 is 43.2 Å². The van der Waals surface area contributed by atoms with Gasteiger partial charge in [0, 0.05) is 9.35 Å². The molecule has 5 rings (SSSR count). The average Bonchev–Trinajstić information content (AvgIpc) is 2.73. The number of hydrogen-bond donors (Lipinski definition) is 0. The third-order valence-corrected chi connectivity index (χ3v) is 8.86. The zero-order chi connectivity index (χ0) is 12.3. The molecular weight excluding hydrogens is 372 g/mol. The second-order valence-electron chi connectivity index (χ2n) is 6.54. The van der Waals surface area contributed by atoms with Crippen LogP contribution in [0.25, 0.3) is 0 Å². The van der Waals surface area contributed by atoms with Crippen molar-refractivity contribution in [2.75, 3.05) is 0 Å². The molecule has 1 unspecified atom stereocenters. The predicted octanol–water partition coefficient (Wildman–Crippen LogP) is 6.02. The smallest absolute Gasteiger partial charge is 0.0533 e. The minimum atomic E-state index is 0.585. The quantitative estimate of drug-likeness (QED) is 0.542. The first-order chi connectivity index (χ1) is 8.72. The van der Waals surface area contributed by atoms with E-state index in [1.807, 2.05) is 11.3 Å². The molecule has 0 radical (unpaired) electrons. The fourth-order valence-corrected chi connectivity index (χ4v) is 8.52. The van der Waals surface area contributed by atoms with Crippen molar-refractivity contribution < 1.29 is 0 Å². The molecule has 4 aliphatic rings. The van der Waals surface area contributed by atoms with E-state index in [1.165, 1.54) is 35.0 Å². The van der Waals surface area contributed by atoms with Gasteiger partial charge in [0.05, 0.1) is 4.83 Å². The van der Waals surface area contributed by atoms with Crippen LogP contribution in [-0.2, 0) is 0 Å². The van der Waals surface area contributed by atoms with Gasteiger partial charge >= 0.3 is 0 Å². The van der Waals surface area contributed by atoms with E-state index < -0.39 is 0 Å². The Morgan fingerprint density at radius 1 is 1.06 bits per heavy atom. The Hall–Kier alpha value is 0.660. The van der Waals surface area contributed by atoms with Gasteiger partial charge in [0.25, 0.3) is 0 Å². The summed E-state index contributed by atoms with van der Waals surface area (Å²) in [5.74, 6) is 5.05. The molecule has 4 saturated carbocycles. The molecule has 0 nitrogen and oxygen atoms in total. The van der Waals surface area contributed by atoms with Crippen molar-refractivity contribution in [1.82, 2.24) is 0 Å². The highest BCUT2D eigenvalue weighted by molar-refractivity contribution is 9.11. The lowest BCUT2D eigenvalue weighted by Gasteiger charge is -2.55. The number of alkyl halides is 1.